The number of furan rings is 1. The van der Waals surface area contributed by atoms with Gasteiger partial charge in [-0.15, -0.1) is 0 Å². The highest BCUT2D eigenvalue weighted by Crippen LogP contribution is 2.30. The van der Waals surface area contributed by atoms with Crippen LogP contribution in [0.3, 0.4) is 0 Å². The summed E-state index contributed by atoms with van der Waals surface area (Å²) in [6, 6.07) is 7.53. The molecule has 0 unspecified atom stereocenters. The Balaban J connectivity index is 1.74. The van der Waals surface area contributed by atoms with Crippen molar-refractivity contribution in [2.75, 3.05) is 6.54 Å². The monoisotopic (exact) mass is 259 g/mol. The van der Waals surface area contributed by atoms with E-state index in [2.05, 4.69) is 5.32 Å². The van der Waals surface area contributed by atoms with E-state index in [1.54, 1.807) is 6.07 Å². The summed E-state index contributed by atoms with van der Waals surface area (Å²) < 4.78 is 5.51. The summed E-state index contributed by atoms with van der Waals surface area (Å²) in [6.07, 6.45) is 2.54. The van der Waals surface area contributed by atoms with E-state index in [0.717, 1.165) is 30.2 Å². The van der Waals surface area contributed by atoms with Crippen LogP contribution in [-0.4, -0.2) is 23.2 Å². The average Bonchev–Trinajstić information content (AvgIpc) is 2.76. The van der Waals surface area contributed by atoms with Crippen LogP contribution in [0.15, 0.2) is 28.7 Å². The van der Waals surface area contributed by atoms with E-state index in [-0.39, 0.29) is 5.91 Å². The summed E-state index contributed by atoms with van der Waals surface area (Å²) >= 11 is 0. The van der Waals surface area contributed by atoms with E-state index >= 15 is 0 Å². The number of fused-ring (bicyclic) bond motifs is 1. The lowest BCUT2D eigenvalue weighted by Crippen LogP contribution is -2.47. The maximum absolute atomic E-state index is 12.0. The zero-order valence-corrected chi connectivity index (χ0v) is 10.9. The fourth-order valence-electron chi connectivity index (χ4n) is 2.37. The number of nitrogens with one attached hydrogen (secondary N) is 1. The van der Waals surface area contributed by atoms with Crippen molar-refractivity contribution < 1.29 is 14.3 Å². The van der Waals surface area contributed by atoms with E-state index < -0.39 is 5.60 Å². The second-order valence-corrected chi connectivity index (χ2v) is 5.41. The quantitative estimate of drug-likeness (QED) is 0.889. The topological polar surface area (TPSA) is 62.5 Å². The van der Waals surface area contributed by atoms with E-state index in [0.29, 0.717) is 17.9 Å². The van der Waals surface area contributed by atoms with Gasteiger partial charge in [-0.3, -0.25) is 4.79 Å². The molecule has 4 heteroatoms. The summed E-state index contributed by atoms with van der Waals surface area (Å²) in [7, 11) is 0. The van der Waals surface area contributed by atoms with E-state index in [4.69, 9.17) is 4.42 Å². The first-order chi connectivity index (χ1) is 9.06. The molecule has 3 rings (SSSR count). The summed E-state index contributed by atoms with van der Waals surface area (Å²) in [4.78, 5) is 12.0. The van der Waals surface area contributed by atoms with Gasteiger partial charge in [-0.1, -0.05) is 11.6 Å². The molecule has 0 atom stereocenters. The zero-order valence-electron chi connectivity index (χ0n) is 10.9. The molecule has 2 aromatic rings. The van der Waals surface area contributed by atoms with Gasteiger partial charge in [0.15, 0.2) is 5.76 Å². The zero-order chi connectivity index (χ0) is 13.5. The molecule has 4 nitrogen and oxygen atoms in total. The number of benzene rings is 1. The molecule has 100 valence electrons. The van der Waals surface area contributed by atoms with Crippen molar-refractivity contribution in [1.82, 2.24) is 5.32 Å². The van der Waals surface area contributed by atoms with Gasteiger partial charge < -0.3 is 14.8 Å². The molecule has 19 heavy (non-hydrogen) atoms. The van der Waals surface area contributed by atoms with Crippen LogP contribution in [0.1, 0.15) is 35.4 Å². The molecular weight excluding hydrogens is 242 g/mol. The molecular formula is C15H17NO3. The highest BCUT2D eigenvalue weighted by atomic mass is 16.3. The summed E-state index contributed by atoms with van der Waals surface area (Å²) in [6.45, 7) is 2.29. The Morgan fingerprint density at radius 3 is 2.89 bits per heavy atom. The fourth-order valence-corrected chi connectivity index (χ4v) is 2.37. The van der Waals surface area contributed by atoms with Crippen molar-refractivity contribution in [1.29, 1.82) is 0 Å². The van der Waals surface area contributed by atoms with Gasteiger partial charge in [-0.2, -0.15) is 0 Å². The third-order valence-electron chi connectivity index (χ3n) is 3.76. The van der Waals surface area contributed by atoms with E-state index in [1.165, 1.54) is 0 Å². The van der Waals surface area contributed by atoms with Gasteiger partial charge in [0, 0.05) is 11.9 Å². The molecule has 1 aromatic heterocycles. The lowest BCUT2D eigenvalue weighted by atomic mass is 9.80. The molecule has 0 aliphatic heterocycles. The Bertz CT molecular complexity index is 625. The second kappa shape index (κ2) is 4.38. The van der Waals surface area contributed by atoms with Gasteiger partial charge in [0.2, 0.25) is 0 Å². The highest BCUT2D eigenvalue weighted by Gasteiger charge is 2.34. The first-order valence-electron chi connectivity index (χ1n) is 6.57. The number of aryl methyl sites for hydroxylation is 1. The molecule has 2 N–H and O–H groups in total. The third kappa shape index (κ3) is 2.36. The minimum atomic E-state index is -0.710. The molecule has 1 aliphatic rings. The fraction of sp³-hybridized carbons (Fsp3) is 0.400. The van der Waals surface area contributed by atoms with Crippen LogP contribution in [0.2, 0.25) is 0 Å². The van der Waals surface area contributed by atoms with Gasteiger partial charge >= 0.3 is 0 Å². The van der Waals surface area contributed by atoms with Crippen LogP contribution in [0.5, 0.6) is 0 Å². The maximum Gasteiger partial charge on any atom is 0.287 e. The number of carbonyl (C=O) groups excluding carboxylic acids is 1. The number of rotatable bonds is 3. The number of aliphatic hydroxyl groups is 1. The highest BCUT2D eigenvalue weighted by molar-refractivity contribution is 5.96. The molecule has 0 bridgehead atoms. The van der Waals surface area contributed by atoms with E-state index in [9.17, 15) is 9.90 Å². The smallest absolute Gasteiger partial charge is 0.287 e. The minimum absolute atomic E-state index is 0.269. The van der Waals surface area contributed by atoms with Crippen molar-refractivity contribution in [3.05, 3.63) is 35.6 Å². The summed E-state index contributed by atoms with van der Waals surface area (Å²) in [5.41, 5.74) is 1.13. The second-order valence-electron chi connectivity index (χ2n) is 5.41. The average molecular weight is 259 g/mol. The van der Waals surface area contributed by atoms with Crippen LogP contribution in [0.4, 0.5) is 0 Å². The van der Waals surface area contributed by atoms with Crippen molar-refractivity contribution in [3.63, 3.8) is 0 Å². The number of hydrogen-bond donors (Lipinski definition) is 2. The van der Waals surface area contributed by atoms with Crippen molar-refractivity contribution >= 4 is 16.9 Å². The Morgan fingerprint density at radius 1 is 1.42 bits per heavy atom. The van der Waals surface area contributed by atoms with Crippen molar-refractivity contribution in [2.24, 2.45) is 0 Å². The molecule has 1 fully saturated rings. The van der Waals surface area contributed by atoms with Crippen molar-refractivity contribution in [2.45, 2.75) is 31.8 Å². The largest absolute Gasteiger partial charge is 0.451 e. The summed E-state index contributed by atoms with van der Waals surface area (Å²) in [5.74, 6) is 0.0256. The predicted molar refractivity (Wildman–Crippen MR) is 72.1 cm³/mol. The first kappa shape index (κ1) is 12.2. The van der Waals surface area contributed by atoms with E-state index in [1.807, 2.05) is 25.1 Å². The SMILES string of the molecule is Cc1ccc2oc(C(=O)NCC3(O)CCC3)cc2c1. The Morgan fingerprint density at radius 2 is 2.21 bits per heavy atom. The normalized spacial score (nSPS) is 17.2. The van der Waals surface area contributed by atoms with Crippen LogP contribution in [0, 0.1) is 6.92 Å². The first-order valence-corrected chi connectivity index (χ1v) is 6.57. The maximum atomic E-state index is 12.0. The van der Waals surface area contributed by atoms with Crippen LogP contribution >= 0.6 is 0 Å². The number of hydrogen-bond acceptors (Lipinski definition) is 3. The number of carbonyl (C=O) groups is 1. The standard InChI is InChI=1S/C15H17NO3/c1-10-3-4-12-11(7-10)8-13(19-12)14(17)16-9-15(18)5-2-6-15/h3-4,7-8,18H,2,5-6,9H2,1H3,(H,16,17). The van der Waals surface area contributed by atoms with Crippen molar-refractivity contribution in [3.8, 4) is 0 Å². The lowest BCUT2D eigenvalue weighted by Gasteiger charge is -2.36. The lowest BCUT2D eigenvalue weighted by molar-refractivity contribution is -0.0301. The predicted octanol–water partition coefficient (Wildman–Crippen LogP) is 2.39. The molecule has 0 spiro atoms. The van der Waals surface area contributed by atoms with Gasteiger partial charge in [-0.05, 0) is 44.4 Å². The molecule has 1 heterocycles. The van der Waals surface area contributed by atoms with Gasteiger partial charge in [0.05, 0.1) is 5.60 Å². The van der Waals surface area contributed by atoms with Crippen LogP contribution < -0.4 is 5.32 Å². The molecule has 0 radical (unpaired) electrons. The van der Waals surface area contributed by atoms with Crippen LogP contribution in [-0.2, 0) is 0 Å². The molecule has 1 saturated carbocycles. The molecule has 1 amide bonds. The Kier molecular flexibility index (Phi) is 2.82. The van der Waals surface area contributed by atoms with Crippen LogP contribution in [0.25, 0.3) is 11.0 Å². The minimum Gasteiger partial charge on any atom is -0.451 e. The van der Waals surface area contributed by atoms with Gasteiger partial charge in [0.1, 0.15) is 5.58 Å². The molecule has 1 aliphatic carbocycles. The summed E-state index contributed by atoms with van der Waals surface area (Å²) in [5, 5.41) is 13.6. The molecule has 0 saturated heterocycles. The Labute approximate surface area is 111 Å². The third-order valence-corrected chi connectivity index (χ3v) is 3.76. The van der Waals surface area contributed by atoms with Gasteiger partial charge in [-0.25, -0.2) is 0 Å². The Hall–Kier alpha value is -1.81. The molecule has 1 aromatic carbocycles. The van der Waals surface area contributed by atoms with Gasteiger partial charge in [0.25, 0.3) is 5.91 Å². The number of amides is 1.